The summed E-state index contributed by atoms with van der Waals surface area (Å²) in [7, 11) is 1.78. The molecule has 0 atom stereocenters. The molecule has 0 saturated carbocycles. The number of nitrogens with one attached hydrogen (secondary N) is 1. The van der Waals surface area contributed by atoms with Crippen molar-refractivity contribution in [1.82, 2.24) is 14.8 Å². The van der Waals surface area contributed by atoms with Gasteiger partial charge in [0.05, 0.1) is 5.69 Å². The summed E-state index contributed by atoms with van der Waals surface area (Å²) in [5, 5.41) is 7.53. The molecule has 0 bridgehead atoms. The number of aromatic nitrogens is 3. The second-order valence-corrected chi connectivity index (χ2v) is 5.77. The van der Waals surface area contributed by atoms with E-state index in [4.69, 9.17) is 0 Å². The normalized spacial score (nSPS) is 10.7. The molecule has 0 aliphatic rings. The van der Waals surface area contributed by atoms with Crippen molar-refractivity contribution in [2.45, 2.75) is 6.92 Å². The smallest absolute Gasteiger partial charge is 0.268 e. The van der Waals surface area contributed by atoms with Gasteiger partial charge in [0, 0.05) is 24.9 Å². The maximum Gasteiger partial charge on any atom is 0.268 e. The Morgan fingerprint density at radius 1 is 1.27 bits per heavy atom. The topological polar surface area (TPSA) is 59.8 Å². The molecule has 1 N–H and O–H groups in total. The van der Waals surface area contributed by atoms with E-state index >= 15 is 0 Å². The number of amides is 1. The van der Waals surface area contributed by atoms with E-state index in [0.717, 1.165) is 5.56 Å². The summed E-state index contributed by atoms with van der Waals surface area (Å²) >= 11 is 1.27. The van der Waals surface area contributed by atoms with Crippen LogP contribution in [0.2, 0.25) is 0 Å². The van der Waals surface area contributed by atoms with Gasteiger partial charge in [-0.25, -0.2) is 9.37 Å². The fourth-order valence-corrected chi connectivity index (χ4v) is 2.94. The summed E-state index contributed by atoms with van der Waals surface area (Å²) in [4.78, 5) is 17.2. The summed E-state index contributed by atoms with van der Waals surface area (Å²) in [6.45, 7) is 1.77. The average molecular weight is 316 g/mol. The van der Waals surface area contributed by atoms with Gasteiger partial charge in [0.1, 0.15) is 15.7 Å². The first-order valence-corrected chi connectivity index (χ1v) is 7.39. The summed E-state index contributed by atoms with van der Waals surface area (Å²) in [5.74, 6) is -0.0594. The number of nitrogens with zero attached hydrogens (tertiary/aromatic N) is 3. The van der Waals surface area contributed by atoms with Crippen LogP contribution in [0.25, 0.3) is 10.6 Å². The van der Waals surface area contributed by atoms with Crippen molar-refractivity contribution in [3.63, 3.8) is 0 Å². The van der Waals surface area contributed by atoms with E-state index < -0.39 is 0 Å². The van der Waals surface area contributed by atoms with Crippen LogP contribution in [-0.2, 0) is 7.05 Å². The van der Waals surface area contributed by atoms with Crippen molar-refractivity contribution >= 4 is 23.1 Å². The largest absolute Gasteiger partial charge is 0.304 e. The maximum absolute atomic E-state index is 13.0. The lowest BCUT2D eigenvalue weighted by Crippen LogP contribution is -2.12. The molecule has 0 unspecified atom stereocenters. The third-order valence-corrected chi connectivity index (χ3v) is 4.25. The SMILES string of the molecule is Cc1nc(-c2ccc(F)cc2)sc1C(=O)Nc1ccn(C)n1. The molecule has 0 radical (unpaired) electrons. The Morgan fingerprint density at radius 3 is 2.64 bits per heavy atom. The summed E-state index contributed by atoms with van der Waals surface area (Å²) in [6.07, 6.45) is 1.75. The molecule has 1 aromatic carbocycles. The van der Waals surface area contributed by atoms with Crippen molar-refractivity contribution < 1.29 is 9.18 Å². The number of hydrogen-bond acceptors (Lipinski definition) is 4. The molecule has 1 amide bonds. The zero-order valence-corrected chi connectivity index (χ0v) is 12.8. The van der Waals surface area contributed by atoms with Crippen LogP contribution in [0.15, 0.2) is 36.5 Å². The zero-order valence-electron chi connectivity index (χ0n) is 12.0. The summed E-state index contributed by atoms with van der Waals surface area (Å²) < 4.78 is 14.6. The van der Waals surface area contributed by atoms with E-state index in [2.05, 4.69) is 15.4 Å². The standard InChI is InChI=1S/C15H13FN4OS/c1-9-13(14(21)18-12-7-8-20(2)19-12)22-15(17-9)10-3-5-11(16)6-4-10/h3-8H,1-2H3,(H,18,19,21). The van der Waals surface area contributed by atoms with Gasteiger partial charge in [-0.2, -0.15) is 5.10 Å². The second-order valence-electron chi connectivity index (χ2n) is 4.77. The second kappa shape index (κ2) is 5.69. The zero-order chi connectivity index (χ0) is 15.7. The summed E-state index contributed by atoms with van der Waals surface area (Å²) in [5.41, 5.74) is 1.42. The number of carbonyl (C=O) groups excluding carboxylic acids is 1. The molecular formula is C15H13FN4OS. The minimum Gasteiger partial charge on any atom is -0.304 e. The molecule has 0 saturated heterocycles. The van der Waals surface area contributed by atoms with Gasteiger partial charge >= 0.3 is 0 Å². The molecule has 3 aromatic rings. The van der Waals surface area contributed by atoms with Gasteiger partial charge in [0.15, 0.2) is 5.82 Å². The summed E-state index contributed by atoms with van der Waals surface area (Å²) in [6, 6.07) is 7.76. The number of hydrogen-bond donors (Lipinski definition) is 1. The molecule has 0 aliphatic heterocycles. The molecule has 5 nitrogen and oxygen atoms in total. The van der Waals surface area contributed by atoms with Crippen molar-refractivity contribution in [2.75, 3.05) is 5.32 Å². The lowest BCUT2D eigenvalue weighted by atomic mass is 10.2. The van der Waals surface area contributed by atoms with Crippen LogP contribution in [0.3, 0.4) is 0 Å². The molecule has 112 valence electrons. The van der Waals surface area contributed by atoms with Crippen molar-refractivity contribution in [3.05, 3.63) is 52.9 Å². The predicted octanol–water partition coefficient (Wildman–Crippen LogP) is 3.24. The fraction of sp³-hybridized carbons (Fsp3) is 0.133. The minimum atomic E-state index is -0.301. The highest BCUT2D eigenvalue weighted by Gasteiger charge is 2.17. The van der Waals surface area contributed by atoms with Gasteiger partial charge in [0.25, 0.3) is 5.91 Å². The third-order valence-electron chi connectivity index (χ3n) is 3.05. The Balaban J connectivity index is 1.85. The lowest BCUT2D eigenvalue weighted by Gasteiger charge is -1.99. The number of thiazole rings is 1. The maximum atomic E-state index is 13.0. The molecule has 2 heterocycles. The van der Waals surface area contributed by atoms with E-state index in [0.29, 0.717) is 21.4 Å². The Bertz CT molecular complexity index is 822. The van der Waals surface area contributed by atoms with Crippen LogP contribution in [0, 0.1) is 12.7 Å². The van der Waals surface area contributed by atoms with Crippen molar-refractivity contribution in [3.8, 4) is 10.6 Å². The molecule has 2 aromatic heterocycles. The molecule has 0 spiro atoms. The van der Waals surface area contributed by atoms with Crippen molar-refractivity contribution in [1.29, 1.82) is 0 Å². The first-order chi connectivity index (χ1) is 10.5. The van der Waals surface area contributed by atoms with Gasteiger partial charge in [-0.15, -0.1) is 11.3 Å². The van der Waals surface area contributed by atoms with Gasteiger partial charge in [-0.3, -0.25) is 9.48 Å². The molecule has 7 heteroatoms. The van der Waals surface area contributed by atoms with Crippen LogP contribution < -0.4 is 5.32 Å². The predicted molar refractivity (Wildman–Crippen MR) is 83.4 cm³/mol. The first-order valence-electron chi connectivity index (χ1n) is 6.57. The van der Waals surface area contributed by atoms with E-state index in [9.17, 15) is 9.18 Å². The number of aryl methyl sites for hydroxylation is 2. The van der Waals surface area contributed by atoms with Gasteiger partial charge in [0.2, 0.25) is 0 Å². The van der Waals surface area contributed by atoms with E-state index in [-0.39, 0.29) is 11.7 Å². The third kappa shape index (κ3) is 2.89. The monoisotopic (exact) mass is 316 g/mol. The van der Waals surface area contributed by atoms with Crippen molar-refractivity contribution in [2.24, 2.45) is 7.05 Å². The number of halogens is 1. The van der Waals surface area contributed by atoms with Crippen LogP contribution >= 0.6 is 11.3 Å². The molecule has 0 fully saturated rings. The van der Waals surface area contributed by atoms with E-state index in [1.54, 1.807) is 43.0 Å². The highest BCUT2D eigenvalue weighted by Crippen LogP contribution is 2.28. The number of benzene rings is 1. The molecule has 22 heavy (non-hydrogen) atoms. The Kier molecular flexibility index (Phi) is 3.72. The van der Waals surface area contributed by atoms with E-state index in [1.807, 2.05) is 0 Å². The molecule has 0 aliphatic carbocycles. The van der Waals surface area contributed by atoms with Crippen LogP contribution in [0.5, 0.6) is 0 Å². The minimum absolute atomic E-state index is 0.248. The van der Waals surface area contributed by atoms with Crippen LogP contribution in [0.4, 0.5) is 10.2 Å². The highest BCUT2D eigenvalue weighted by molar-refractivity contribution is 7.17. The highest BCUT2D eigenvalue weighted by atomic mass is 32.1. The first kappa shape index (κ1) is 14.4. The number of anilines is 1. The Hall–Kier alpha value is -2.54. The quantitative estimate of drug-likeness (QED) is 0.807. The molecular weight excluding hydrogens is 303 g/mol. The number of carbonyl (C=O) groups is 1. The van der Waals surface area contributed by atoms with Gasteiger partial charge in [-0.1, -0.05) is 0 Å². The fourth-order valence-electron chi connectivity index (χ4n) is 1.98. The van der Waals surface area contributed by atoms with Crippen LogP contribution in [-0.4, -0.2) is 20.7 Å². The van der Waals surface area contributed by atoms with Gasteiger partial charge in [-0.05, 0) is 31.2 Å². The molecule has 3 rings (SSSR count). The van der Waals surface area contributed by atoms with Gasteiger partial charge < -0.3 is 5.32 Å². The lowest BCUT2D eigenvalue weighted by molar-refractivity contribution is 0.102. The number of rotatable bonds is 3. The Labute approximate surface area is 130 Å². The average Bonchev–Trinajstić information content (AvgIpc) is 3.06. The van der Waals surface area contributed by atoms with Crippen LogP contribution in [0.1, 0.15) is 15.4 Å². The Morgan fingerprint density at radius 2 is 2.00 bits per heavy atom. The van der Waals surface area contributed by atoms with E-state index in [1.165, 1.54) is 23.5 Å².